The molecule has 2 fully saturated rings. The topological polar surface area (TPSA) is 122 Å². The molecule has 9 nitrogen and oxygen atoms in total. The zero-order chi connectivity index (χ0) is 30.0. The molecule has 2 aliphatic heterocycles. The van der Waals surface area contributed by atoms with Crippen molar-refractivity contribution in [3.05, 3.63) is 89.3 Å². The standard InChI is InChI=1S/C34H36N6O3/c1-23-8-7-13-40(23)32(41)27-19-25(28-11-6-12-30(29(28)22-35)39-14-16-42-17-15-39)18-26(20-27)31-37-38-33(43-31)34(2,36)21-24-9-4-3-5-10-24/h3-6,9-12,18-20,23H,7-8,13-17,21,36H2,1-2H3/t23?,34-/m1/s1. The molecule has 1 unspecified atom stereocenters. The molecule has 43 heavy (non-hydrogen) atoms. The quantitative estimate of drug-likeness (QED) is 0.321. The second-order valence-electron chi connectivity index (χ2n) is 11.7. The predicted octanol–water partition coefficient (Wildman–Crippen LogP) is 5.15. The molecule has 0 bridgehead atoms. The Morgan fingerprint density at radius 3 is 2.53 bits per heavy atom. The van der Waals surface area contributed by atoms with Crippen LogP contribution in [0.1, 0.15) is 54.1 Å². The van der Waals surface area contributed by atoms with Gasteiger partial charge in [-0.25, -0.2) is 0 Å². The molecule has 4 aromatic rings. The van der Waals surface area contributed by atoms with Gasteiger partial charge in [-0.05, 0) is 68.5 Å². The number of nitriles is 1. The highest BCUT2D eigenvalue weighted by Gasteiger charge is 2.30. The number of nitrogens with zero attached hydrogens (tertiary/aromatic N) is 5. The summed E-state index contributed by atoms with van der Waals surface area (Å²) in [5.74, 6) is 0.529. The lowest BCUT2D eigenvalue weighted by Gasteiger charge is -2.30. The predicted molar refractivity (Wildman–Crippen MR) is 164 cm³/mol. The Hall–Kier alpha value is -4.52. The Kier molecular flexibility index (Phi) is 7.98. The highest BCUT2D eigenvalue weighted by Crippen LogP contribution is 2.36. The van der Waals surface area contributed by atoms with Gasteiger partial charge in [-0.1, -0.05) is 42.5 Å². The number of nitrogens with two attached hydrogens (primary N) is 1. The second-order valence-corrected chi connectivity index (χ2v) is 11.7. The molecule has 0 spiro atoms. The average molecular weight is 577 g/mol. The molecule has 9 heteroatoms. The lowest BCUT2D eigenvalue weighted by Crippen LogP contribution is -2.36. The second kappa shape index (κ2) is 12.0. The molecule has 220 valence electrons. The highest BCUT2D eigenvalue weighted by atomic mass is 16.5. The molecule has 3 aromatic carbocycles. The molecule has 2 saturated heterocycles. The molecule has 3 heterocycles. The van der Waals surface area contributed by atoms with Gasteiger partial charge in [-0.15, -0.1) is 10.2 Å². The molecule has 0 radical (unpaired) electrons. The maximum absolute atomic E-state index is 13.8. The van der Waals surface area contributed by atoms with E-state index in [-0.39, 0.29) is 17.8 Å². The number of benzene rings is 3. The first kappa shape index (κ1) is 28.6. The van der Waals surface area contributed by atoms with Gasteiger partial charge in [0.25, 0.3) is 5.91 Å². The van der Waals surface area contributed by atoms with Gasteiger partial charge in [-0.3, -0.25) is 4.79 Å². The Balaban J connectivity index is 1.42. The summed E-state index contributed by atoms with van der Waals surface area (Å²) in [5, 5.41) is 19.0. The van der Waals surface area contributed by atoms with E-state index >= 15 is 0 Å². The zero-order valence-corrected chi connectivity index (χ0v) is 24.6. The van der Waals surface area contributed by atoms with Gasteiger partial charge in [0.05, 0.1) is 30.0 Å². The molecular weight excluding hydrogens is 540 g/mol. The fraction of sp³-hybridized carbons (Fsp3) is 0.353. The van der Waals surface area contributed by atoms with Gasteiger partial charge in [-0.2, -0.15) is 5.26 Å². The minimum absolute atomic E-state index is 0.0524. The van der Waals surface area contributed by atoms with Crippen LogP contribution in [-0.4, -0.2) is 59.9 Å². The van der Waals surface area contributed by atoms with Crippen LogP contribution in [0.25, 0.3) is 22.6 Å². The van der Waals surface area contributed by atoms with Crippen LogP contribution in [0.15, 0.2) is 71.1 Å². The van der Waals surface area contributed by atoms with Crippen molar-refractivity contribution in [1.29, 1.82) is 5.26 Å². The lowest BCUT2D eigenvalue weighted by atomic mass is 9.94. The van der Waals surface area contributed by atoms with Crippen LogP contribution in [0.4, 0.5) is 5.69 Å². The van der Waals surface area contributed by atoms with Crippen LogP contribution in [0.3, 0.4) is 0 Å². The van der Waals surface area contributed by atoms with E-state index in [0.717, 1.165) is 35.2 Å². The van der Waals surface area contributed by atoms with E-state index in [4.69, 9.17) is 14.9 Å². The average Bonchev–Trinajstić information content (AvgIpc) is 3.71. The first-order chi connectivity index (χ1) is 20.8. The van der Waals surface area contributed by atoms with Crippen molar-refractivity contribution in [1.82, 2.24) is 15.1 Å². The molecule has 1 aromatic heterocycles. The minimum atomic E-state index is -0.895. The van der Waals surface area contributed by atoms with E-state index in [9.17, 15) is 10.1 Å². The van der Waals surface area contributed by atoms with E-state index < -0.39 is 5.54 Å². The van der Waals surface area contributed by atoms with Crippen molar-refractivity contribution in [2.45, 2.75) is 44.7 Å². The lowest BCUT2D eigenvalue weighted by molar-refractivity contribution is 0.0747. The fourth-order valence-corrected chi connectivity index (χ4v) is 6.06. The van der Waals surface area contributed by atoms with Crippen LogP contribution in [-0.2, 0) is 16.7 Å². The van der Waals surface area contributed by atoms with Gasteiger partial charge >= 0.3 is 0 Å². The van der Waals surface area contributed by atoms with Crippen LogP contribution >= 0.6 is 0 Å². The van der Waals surface area contributed by atoms with E-state index in [1.807, 2.05) is 72.5 Å². The smallest absolute Gasteiger partial charge is 0.254 e. The maximum atomic E-state index is 13.8. The normalized spacial score (nSPS) is 18.3. The van der Waals surface area contributed by atoms with E-state index in [1.54, 1.807) is 6.07 Å². The molecule has 1 amide bonds. The molecule has 2 atom stereocenters. The summed E-state index contributed by atoms with van der Waals surface area (Å²) in [4.78, 5) is 17.9. The molecule has 0 aliphatic carbocycles. The largest absolute Gasteiger partial charge is 0.419 e. The molecule has 2 N–H and O–H groups in total. The van der Waals surface area contributed by atoms with Gasteiger partial charge in [0.15, 0.2) is 0 Å². The summed E-state index contributed by atoms with van der Waals surface area (Å²) in [5.41, 5.74) is 10.8. The Bertz CT molecular complexity index is 1650. The number of aromatic nitrogens is 2. The van der Waals surface area contributed by atoms with Crippen LogP contribution < -0.4 is 10.6 Å². The van der Waals surface area contributed by atoms with Crippen LogP contribution in [0.2, 0.25) is 0 Å². The van der Waals surface area contributed by atoms with E-state index in [2.05, 4.69) is 28.1 Å². The minimum Gasteiger partial charge on any atom is -0.419 e. The third-order valence-electron chi connectivity index (χ3n) is 8.39. The van der Waals surface area contributed by atoms with E-state index in [1.165, 1.54) is 0 Å². The van der Waals surface area contributed by atoms with Gasteiger partial charge in [0.1, 0.15) is 6.07 Å². The Labute approximate surface area is 251 Å². The van der Waals surface area contributed by atoms with E-state index in [0.29, 0.717) is 61.8 Å². The summed E-state index contributed by atoms with van der Waals surface area (Å²) in [7, 11) is 0. The number of amides is 1. The third-order valence-corrected chi connectivity index (χ3v) is 8.39. The number of rotatable bonds is 7. The fourth-order valence-electron chi connectivity index (χ4n) is 6.06. The van der Waals surface area contributed by atoms with Crippen LogP contribution in [0.5, 0.6) is 0 Å². The monoisotopic (exact) mass is 576 g/mol. The van der Waals surface area contributed by atoms with Gasteiger partial charge in [0, 0.05) is 42.4 Å². The molecule has 0 saturated carbocycles. The van der Waals surface area contributed by atoms with Crippen molar-refractivity contribution in [3.63, 3.8) is 0 Å². The summed E-state index contributed by atoms with van der Waals surface area (Å²) >= 11 is 0. The van der Waals surface area contributed by atoms with Crippen molar-refractivity contribution in [2.24, 2.45) is 5.73 Å². The number of hydrogen-bond acceptors (Lipinski definition) is 8. The number of carbonyl (C=O) groups excluding carboxylic acids is 1. The number of ether oxygens (including phenoxy) is 1. The Morgan fingerprint density at radius 2 is 1.81 bits per heavy atom. The third kappa shape index (κ3) is 5.89. The van der Waals surface area contributed by atoms with Crippen molar-refractivity contribution in [2.75, 3.05) is 37.7 Å². The molecule has 2 aliphatic rings. The van der Waals surface area contributed by atoms with Crippen molar-refractivity contribution < 1.29 is 13.9 Å². The zero-order valence-electron chi connectivity index (χ0n) is 24.6. The number of morpholine rings is 1. The van der Waals surface area contributed by atoms with Gasteiger partial charge < -0.3 is 24.7 Å². The number of carbonyl (C=O) groups is 1. The Morgan fingerprint density at radius 1 is 1.05 bits per heavy atom. The number of likely N-dealkylation sites (tertiary alicyclic amines) is 1. The summed E-state index contributed by atoms with van der Waals surface area (Å²) in [6.07, 6.45) is 2.47. The number of hydrogen-bond donors (Lipinski definition) is 1. The first-order valence-corrected chi connectivity index (χ1v) is 14.8. The van der Waals surface area contributed by atoms with Crippen molar-refractivity contribution >= 4 is 11.6 Å². The van der Waals surface area contributed by atoms with Gasteiger partial charge in [0.2, 0.25) is 11.8 Å². The SMILES string of the molecule is CC1CCCN1C(=O)c1cc(-c2nnc([C@](C)(N)Cc3ccccc3)o2)cc(-c2cccc(N3CCOCC3)c2C#N)c1. The first-order valence-electron chi connectivity index (χ1n) is 14.8. The summed E-state index contributed by atoms with van der Waals surface area (Å²) < 4.78 is 11.7. The maximum Gasteiger partial charge on any atom is 0.254 e. The molecule has 6 rings (SSSR count). The summed E-state index contributed by atoms with van der Waals surface area (Å²) in [6.45, 7) is 7.30. The number of anilines is 1. The molecular formula is C34H36N6O3. The highest BCUT2D eigenvalue weighted by molar-refractivity contribution is 5.97. The summed E-state index contributed by atoms with van der Waals surface area (Å²) in [6, 6.07) is 23.9. The van der Waals surface area contributed by atoms with Crippen LogP contribution in [0, 0.1) is 11.3 Å². The van der Waals surface area contributed by atoms with Crippen molar-refractivity contribution in [3.8, 4) is 28.7 Å².